The number of likely N-dealkylation sites (N-methyl/N-ethyl adjacent to an activating group) is 1. The molecule has 8 nitrogen and oxygen atoms in total. The average Bonchev–Trinajstić information content (AvgIpc) is 2.57. The SMILES string of the molecule is CCCC[C@H]1C(=O)N(C)CCN1C(=O)Cn1ncc(N(C)C)cc1=O. The molecule has 25 heavy (non-hydrogen) atoms. The summed E-state index contributed by atoms with van der Waals surface area (Å²) in [5.41, 5.74) is 0.356. The number of piperazine rings is 1. The Morgan fingerprint density at radius 2 is 2.04 bits per heavy atom. The van der Waals surface area contributed by atoms with Crippen LogP contribution in [-0.2, 0) is 16.1 Å². The standard InChI is InChI=1S/C17H27N5O3/c1-5-6-7-14-17(25)20(4)8-9-21(14)16(24)12-22-15(23)10-13(11-18-22)19(2)3/h10-11,14H,5-9,12H2,1-4H3/t14-/m0/s1. The van der Waals surface area contributed by atoms with E-state index >= 15 is 0 Å². The second-order valence-electron chi connectivity index (χ2n) is 6.61. The summed E-state index contributed by atoms with van der Waals surface area (Å²) in [7, 11) is 5.40. The molecule has 1 atom stereocenters. The third kappa shape index (κ3) is 4.37. The van der Waals surface area contributed by atoms with E-state index in [1.807, 2.05) is 14.1 Å². The highest BCUT2D eigenvalue weighted by Gasteiger charge is 2.35. The van der Waals surface area contributed by atoms with Gasteiger partial charge in [0.2, 0.25) is 11.8 Å². The van der Waals surface area contributed by atoms with Gasteiger partial charge in [0, 0.05) is 40.3 Å². The van der Waals surface area contributed by atoms with Crippen LogP contribution in [0.4, 0.5) is 5.69 Å². The van der Waals surface area contributed by atoms with Gasteiger partial charge in [0.25, 0.3) is 5.56 Å². The Balaban J connectivity index is 2.15. The third-order valence-corrected chi connectivity index (χ3v) is 4.52. The number of carbonyl (C=O) groups excluding carboxylic acids is 2. The zero-order valence-corrected chi connectivity index (χ0v) is 15.4. The van der Waals surface area contributed by atoms with Gasteiger partial charge in [-0.1, -0.05) is 19.8 Å². The first kappa shape index (κ1) is 19.0. The zero-order chi connectivity index (χ0) is 18.6. The van der Waals surface area contributed by atoms with Gasteiger partial charge in [-0.2, -0.15) is 5.10 Å². The van der Waals surface area contributed by atoms with Gasteiger partial charge >= 0.3 is 0 Å². The minimum absolute atomic E-state index is 0.0312. The lowest BCUT2D eigenvalue weighted by atomic mass is 10.0. The number of nitrogens with zero attached hydrogens (tertiary/aromatic N) is 5. The van der Waals surface area contributed by atoms with Crippen LogP contribution in [0.3, 0.4) is 0 Å². The molecule has 0 bridgehead atoms. The summed E-state index contributed by atoms with van der Waals surface area (Å²) in [6.07, 6.45) is 4.04. The summed E-state index contributed by atoms with van der Waals surface area (Å²) in [5.74, 6) is -0.272. The molecule has 2 amide bonds. The fourth-order valence-electron chi connectivity index (χ4n) is 2.89. The van der Waals surface area contributed by atoms with Gasteiger partial charge < -0.3 is 14.7 Å². The maximum Gasteiger partial charge on any atom is 0.269 e. The number of unbranched alkanes of at least 4 members (excludes halogenated alkanes) is 1. The highest BCUT2D eigenvalue weighted by molar-refractivity contribution is 5.88. The van der Waals surface area contributed by atoms with E-state index in [9.17, 15) is 14.4 Å². The lowest BCUT2D eigenvalue weighted by molar-refractivity contribution is -0.151. The molecule has 0 unspecified atom stereocenters. The molecule has 2 heterocycles. The van der Waals surface area contributed by atoms with Crippen LogP contribution in [0.2, 0.25) is 0 Å². The van der Waals surface area contributed by atoms with Crippen molar-refractivity contribution in [2.24, 2.45) is 0 Å². The van der Waals surface area contributed by atoms with Crippen LogP contribution in [0.5, 0.6) is 0 Å². The highest BCUT2D eigenvalue weighted by Crippen LogP contribution is 2.17. The van der Waals surface area contributed by atoms with E-state index in [1.54, 1.807) is 27.9 Å². The molecule has 1 aliphatic heterocycles. The van der Waals surface area contributed by atoms with Gasteiger partial charge in [-0.15, -0.1) is 0 Å². The van der Waals surface area contributed by atoms with E-state index in [-0.39, 0.29) is 23.9 Å². The predicted octanol–water partition coefficient (Wildman–Crippen LogP) is 0.169. The Kier molecular flexibility index (Phi) is 6.17. The molecule has 0 spiro atoms. The number of hydrogen-bond acceptors (Lipinski definition) is 5. The summed E-state index contributed by atoms with van der Waals surface area (Å²) >= 11 is 0. The van der Waals surface area contributed by atoms with Crippen molar-refractivity contribution in [3.8, 4) is 0 Å². The smallest absolute Gasteiger partial charge is 0.269 e. The Morgan fingerprint density at radius 1 is 1.32 bits per heavy atom. The topological polar surface area (TPSA) is 78.8 Å². The van der Waals surface area contributed by atoms with Crippen molar-refractivity contribution in [3.05, 3.63) is 22.6 Å². The summed E-state index contributed by atoms with van der Waals surface area (Å²) < 4.78 is 1.15. The second-order valence-corrected chi connectivity index (χ2v) is 6.61. The number of amides is 2. The Hall–Kier alpha value is -2.38. The van der Waals surface area contributed by atoms with Crippen LogP contribution in [0, 0.1) is 0 Å². The molecular formula is C17H27N5O3. The number of rotatable bonds is 6. The summed E-state index contributed by atoms with van der Waals surface area (Å²) in [5, 5.41) is 4.08. The van der Waals surface area contributed by atoms with Crippen LogP contribution >= 0.6 is 0 Å². The van der Waals surface area contributed by atoms with E-state index in [0.29, 0.717) is 25.2 Å². The molecule has 0 aromatic carbocycles. The first-order valence-electron chi connectivity index (χ1n) is 8.64. The van der Waals surface area contributed by atoms with E-state index in [1.165, 1.54) is 6.07 Å². The molecule has 0 saturated carbocycles. The molecule has 0 N–H and O–H groups in total. The fourth-order valence-corrected chi connectivity index (χ4v) is 2.89. The molecule has 2 rings (SSSR count). The number of aromatic nitrogens is 2. The van der Waals surface area contributed by atoms with Crippen molar-refractivity contribution in [2.45, 2.75) is 38.8 Å². The maximum atomic E-state index is 12.7. The van der Waals surface area contributed by atoms with Crippen LogP contribution < -0.4 is 10.5 Å². The van der Waals surface area contributed by atoms with E-state index in [0.717, 1.165) is 17.5 Å². The van der Waals surface area contributed by atoms with Gasteiger partial charge in [0.1, 0.15) is 12.6 Å². The summed E-state index contributed by atoms with van der Waals surface area (Å²) in [4.78, 5) is 42.3. The van der Waals surface area contributed by atoms with E-state index in [2.05, 4.69) is 12.0 Å². The molecule has 1 aromatic rings. The van der Waals surface area contributed by atoms with Gasteiger partial charge in [0.05, 0.1) is 11.9 Å². The lowest BCUT2D eigenvalue weighted by Crippen LogP contribution is -2.58. The van der Waals surface area contributed by atoms with E-state index < -0.39 is 6.04 Å². The lowest BCUT2D eigenvalue weighted by Gasteiger charge is -2.39. The number of carbonyl (C=O) groups is 2. The monoisotopic (exact) mass is 349 g/mol. The Bertz CT molecular complexity index is 685. The molecule has 138 valence electrons. The van der Waals surface area contributed by atoms with Crippen LogP contribution in [0.25, 0.3) is 0 Å². The first-order valence-corrected chi connectivity index (χ1v) is 8.64. The van der Waals surface area contributed by atoms with Crippen molar-refractivity contribution in [1.29, 1.82) is 0 Å². The van der Waals surface area contributed by atoms with Crippen molar-refractivity contribution < 1.29 is 9.59 Å². The molecule has 1 aliphatic rings. The largest absolute Gasteiger partial charge is 0.376 e. The van der Waals surface area contributed by atoms with Crippen molar-refractivity contribution in [1.82, 2.24) is 19.6 Å². The van der Waals surface area contributed by atoms with Crippen molar-refractivity contribution >= 4 is 17.5 Å². The van der Waals surface area contributed by atoms with E-state index in [4.69, 9.17) is 0 Å². The molecule has 1 saturated heterocycles. The van der Waals surface area contributed by atoms with Crippen LogP contribution in [0.1, 0.15) is 26.2 Å². The molecule has 0 aliphatic carbocycles. The summed E-state index contributed by atoms with van der Waals surface area (Å²) in [6, 6.07) is 1.01. The van der Waals surface area contributed by atoms with Crippen molar-refractivity contribution in [2.75, 3.05) is 39.1 Å². The molecule has 8 heteroatoms. The maximum absolute atomic E-state index is 12.7. The first-order chi connectivity index (χ1) is 11.8. The van der Waals surface area contributed by atoms with Gasteiger partial charge in [-0.3, -0.25) is 14.4 Å². The van der Waals surface area contributed by atoms with Gasteiger partial charge in [-0.05, 0) is 6.42 Å². The van der Waals surface area contributed by atoms with Gasteiger partial charge in [0.15, 0.2) is 0 Å². The van der Waals surface area contributed by atoms with Crippen LogP contribution in [0.15, 0.2) is 17.1 Å². The Labute approximate surface area is 148 Å². The average molecular weight is 349 g/mol. The normalized spacial score (nSPS) is 17.8. The minimum Gasteiger partial charge on any atom is -0.376 e. The quantitative estimate of drug-likeness (QED) is 0.731. The van der Waals surface area contributed by atoms with Crippen molar-refractivity contribution in [3.63, 3.8) is 0 Å². The highest BCUT2D eigenvalue weighted by atomic mass is 16.2. The fraction of sp³-hybridized carbons (Fsp3) is 0.647. The molecule has 1 fully saturated rings. The Morgan fingerprint density at radius 3 is 2.64 bits per heavy atom. The summed E-state index contributed by atoms with van der Waals surface area (Å²) in [6.45, 7) is 2.90. The zero-order valence-electron chi connectivity index (χ0n) is 15.4. The molecule has 0 radical (unpaired) electrons. The van der Waals surface area contributed by atoms with Gasteiger partial charge in [-0.25, -0.2) is 4.68 Å². The predicted molar refractivity (Wildman–Crippen MR) is 95.5 cm³/mol. The molecule has 1 aromatic heterocycles. The van der Waals surface area contributed by atoms with Crippen LogP contribution in [-0.4, -0.2) is 71.7 Å². The number of anilines is 1. The minimum atomic E-state index is -0.442. The second kappa shape index (κ2) is 8.13. The third-order valence-electron chi connectivity index (χ3n) is 4.52. The number of hydrogen-bond donors (Lipinski definition) is 0. The molecular weight excluding hydrogens is 322 g/mol.